The van der Waals surface area contributed by atoms with E-state index in [1.807, 2.05) is 58.9 Å². The first-order chi connectivity index (χ1) is 11.6. The van der Waals surface area contributed by atoms with E-state index in [1.54, 1.807) is 12.1 Å². The van der Waals surface area contributed by atoms with Crippen molar-refractivity contribution in [3.05, 3.63) is 53.1 Å². The number of benzene rings is 2. The number of esters is 1. The molecule has 2 aromatic carbocycles. The van der Waals surface area contributed by atoms with Crippen LogP contribution in [0, 0.1) is 13.8 Å². The number of methoxy groups -OCH3 is 1. The third-order valence-corrected chi connectivity index (χ3v) is 3.93. The molecule has 0 aromatic heterocycles. The van der Waals surface area contributed by atoms with E-state index in [4.69, 9.17) is 9.47 Å². The number of aryl methyl sites for hydroxylation is 2. The van der Waals surface area contributed by atoms with Crippen LogP contribution in [0.1, 0.15) is 43.6 Å². The third kappa shape index (κ3) is 4.40. The van der Waals surface area contributed by atoms with E-state index in [0.29, 0.717) is 11.1 Å². The van der Waals surface area contributed by atoms with E-state index in [-0.39, 0.29) is 5.75 Å². The van der Waals surface area contributed by atoms with Crippen LogP contribution in [0.5, 0.6) is 5.75 Å². The molecule has 0 heterocycles. The summed E-state index contributed by atoms with van der Waals surface area (Å²) in [7, 11) is 1.34. The van der Waals surface area contributed by atoms with Crippen molar-refractivity contribution in [2.75, 3.05) is 7.11 Å². The van der Waals surface area contributed by atoms with Gasteiger partial charge in [-0.15, -0.1) is 0 Å². The van der Waals surface area contributed by atoms with Gasteiger partial charge in [-0.2, -0.15) is 0 Å². The smallest absolute Gasteiger partial charge is 0.339 e. The number of rotatable bonds is 4. The van der Waals surface area contributed by atoms with Crippen molar-refractivity contribution in [2.45, 2.75) is 46.3 Å². The maximum absolute atomic E-state index is 12.5. The number of aromatic hydroxyl groups is 1. The fraction of sp³-hybridized carbons (Fsp3) is 0.381. The highest BCUT2D eigenvalue weighted by atomic mass is 16.6. The van der Waals surface area contributed by atoms with Crippen LogP contribution < -0.4 is 0 Å². The number of carbonyl (C=O) groups is 1. The molecule has 134 valence electrons. The largest absolute Gasteiger partial charge is 0.507 e. The standard InChI is InChI=1S/C21H26O4/c1-13-7-10-15(11-8-13)18-16(22)12-9-14(2)17(18)19(20(23)24-6)25-21(3,4)5/h7-12,19,22H,1-6H3. The summed E-state index contributed by atoms with van der Waals surface area (Å²) in [5, 5.41) is 10.5. The predicted molar refractivity (Wildman–Crippen MR) is 98.6 cm³/mol. The van der Waals surface area contributed by atoms with Gasteiger partial charge in [-0.3, -0.25) is 0 Å². The van der Waals surface area contributed by atoms with Crippen LogP contribution in [-0.2, 0) is 14.3 Å². The van der Waals surface area contributed by atoms with Gasteiger partial charge in [0.15, 0.2) is 6.10 Å². The average Bonchev–Trinajstić information content (AvgIpc) is 2.54. The molecule has 0 amide bonds. The van der Waals surface area contributed by atoms with Crippen LogP contribution in [0.15, 0.2) is 36.4 Å². The van der Waals surface area contributed by atoms with Crippen molar-refractivity contribution in [1.29, 1.82) is 0 Å². The molecule has 0 radical (unpaired) electrons. The zero-order chi connectivity index (χ0) is 18.8. The summed E-state index contributed by atoms with van der Waals surface area (Å²) in [5.41, 5.74) is 3.47. The summed E-state index contributed by atoms with van der Waals surface area (Å²) >= 11 is 0. The Balaban J connectivity index is 2.71. The lowest BCUT2D eigenvalue weighted by Crippen LogP contribution is -2.29. The van der Waals surface area contributed by atoms with Gasteiger partial charge in [0.2, 0.25) is 0 Å². The summed E-state index contributed by atoms with van der Waals surface area (Å²) in [5.74, 6) is -0.382. The minimum absolute atomic E-state index is 0.107. The molecule has 1 atom stereocenters. The Morgan fingerprint density at radius 2 is 1.64 bits per heavy atom. The van der Waals surface area contributed by atoms with Crippen LogP contribution in [0.2, 0.25) is 0 Å². The quantitative estimate of drug-likeness (QED) is 0.818. The highest BCUT2D eigenvalue weighted by Gasteiger charge is 2.32. The summed E-state index contributed by atoms with van der Waals surface area (Å²) in [4.78, 5) is 12.5. The maximum Gasteiger partial charge on any atom is 0.339 e. The molecule has 2 aromatic rings. The van der Waals surface area contributed by atoms with E-state index in [9.17, 15) is 9.90 Å². The Bertz CT molecular complexity index is 755. The Labute approximate surface area is 149 Å². The van der Waals surface area contributed by atoms with Crippen molar-refractivity contribution in [3.8, 4) is 16.9 Å². The molecule has 0 aliphatic carbocycles. The fourth-order valence-corrected chi connectivity index (χ4v) is 2.76. The Hall–Kier alpha value is -2.33. The number of ether oxygens (including phenoxy) is 2. The van der Waals surface area contributed by atoms with Gasteiger partial charge in [-0.05, 0) is 51.8 Å². The minimum atomic E-state index is -0.923. The van der Waals surface area contributed by atoms with Gasteiger partial charge in [-0.1, -0.05) is 35.9 Å². The highest BCUT2D eigenvalue weighted by molar-refractivity contribution is 5.84. The lowest BCUT2D eigenvalue weighted by molar-refractivity contribution is -0.164. The monoisotopic (exact) mass is 342 g/mol. The van der Waals surface area contributed by atoms with Gasteiger partial charge in [-0.25, -0.2) is 4.79 Å². The lowest BCUT2D eigenvalue weighted by atomic mass is 9.90. The van der Waals surface area contributed by atoms with Crippen molar-refractivity contribution >= 4 is 5.97 Å². The zero-order valence-electron chi connectivity index (χ0n) is 15.7. The van der Waals surface area contributed by atoms with Crippen LogP contribution in [0.4, 0.5) is 0 Å². The molecule has 1 N–H and O–H groups in total. The van der Waals surface area contributed by atoms with Crippen molar-refractivity contribution in [3.63, 3.8) is 0 Å². The molecule has 0 aliphatic rings. The average molecular weight is 342 g/mol. The highest BCUT2D eigenvalue weighted by Crippen LogP contribution is 2.40. The Morgan fingerprint density at radius 3 is 2.16 bits per heavy atom. The zero-order valence-corrected chi connectivity index (χ0v) is 15.7. The molecule has 4 nitrogen and oxygen atoms in total. The normalized spacial score (nSPS) is 12.7. The molecule has 4 heteroatoms. The number of carbonyl (C=O) groups excluding carboxylic acids is 1. The molecule has 0 saturated carbocycles. The van der Waals surface area contributed by atoms with Gasteiger partial charge < -0.3 is 14.6 Å². The van der Waals surface area contributed by atoms with Gasteiger partial charge in [0.25, 0.3) is 0 Å². The second kappa shape index (κ2) is 7.28. The van der Waals surface area contributed by atoms with E-state index in [1.165, 1.54) is 7.11 Å². The molecule has 1 unspecified atom stereocenters. The van der Waals surface area contributed by atoms with Crippen LogP contribution >= 0.6 is 0 Å². The first kappa shape index (κ1) is 19.0. The van der Waals surface area contributed by atoms with Gasteiger partial charge >= 0.3 is 5.97 Å². The minimum Gasteiger partial charge on any atom is -0.507 e. The fourth-order valence-electron chi connectivity index (χ4n) is 2.76. The van der Waals surface area contributed by atoms with E-state index >= 15 is 0 Å². The van der Waals surface area contributed by atoms with Crippen LogP contribution in [-0.4, -0.2) is 23.8 Å². The first-order valence-corrected chi connectivity index (χ1v) is 8.29. The van der Waals surface area contributed by atoms with E-state index in [2.05, 4.69) is 0 Å². The second-order valence-electron chi connectivity index (χ2n) is 7.19. The maximum atomic E-state index is 12.5. The van der Waals surface area contributed by atoms with E-state index in [0.717, 1.165) is 16.7 Å². The lowest BCUT2D eigenvalue weighted by Gasteiger charge is -2.29. The van der Waals surface area contributed by atoms with Gasteiger partial charge in [0.1, 0.15) is 5.75 Å². The van der Waals surface area contributed by atoms with E-state index < -0.39 is 17.7 Å². The molecule has 2 rings (SSSR count). The van der Waals surface area contributed by atoms with Crippen molar-refractivity contribution in [2.24, 2.45) is 0 Å². The van der Waals surface area contributed by atoms with Crippen molar-refractivity contribution in [1.82, 2.24) is 0 Å². The first-order valence-electron chi connectivity index (χ1n) is 8.29. The summed E-state index contributed by atoms with van der Waals surface area (Å²) in [6.45, 7) is 9.54. The molecular weight excluding hydrogens is 316 g/mol. The summed E-state index contributed by atoms with van der Waals surface area (Å²) in [6, 6.07) is 11.2. The molecule has 0 aliphatic heterocycles. The van der Waals surface area contributed by atoms with Gasteiger partial charge in [0.05, 0.1) is 12.7 Å². The number of phenolic OH excluding ortho intramolecular Hbond substituents is 1. The molecular formula is C21H26O4. The molecule has 0 bridgehead atoms. The van der Waals surface area contributed by atoms with Crippen LogP contribution in [0.25, 0.3) is 11.1 Å². The molecule has 0 fully saturated rings. The number of hydrogen-bond donors (Lipinski definition) is 1. The number of phenols is 1. The summed E-state index contributed by atoms with van der Waals surface area (Å²) in [6.07, 6.45) is -0.923. The van der Waals surface area contributed by atoms with Crippen LogP contribution in [0.3, 0.4) is 0 Å². The Morgan fingerprint density at radius 1 is 1.04 bits per heavy atom. The molecule has 0 saturated heterocycles. The summed E-state index contributed by atoms with van der Waals surface area (Å²) < 4.78 is 11.0. The number of hydrogen-bond acceptors (Lipinski definition) is 4. The third-order valence-electron chi connectivity index (χ3n) is 3.93. The second-order valence-corrected chi connectivity index (χ2v) is 7.19. The molecule has 25 heavy (non-hydrogen) atoms. The van der Waals surface area contributed by atoms with Crippen molar-refractivity contribution < 1.29 is 19.4 Å². The Kier molecular flexibility index (Phi) is 5.53. The topological polar surface area (TPSA) is 55.8 Å². The molecule has 0 spiro atoms. The van der Waals surface area contributed by atoms with Gasteiger partial charge in [0, 0.05) is 11.1 Å². The predicted octanol–water partition coefficient (Wildman–Crippen LogP) is 4.71. The SMILES string of the molecule is COC(=O)C(OC(C)(C)C)c1c(C)ccc(O)c1-c1ccc(C)cc1.